The Kier molecular flexibility index (Phi) is 2.79. The van der Waals surface area contributed by atoms with E-state index in [9.17, 15) is 0 Å². The van der Waals surface area contributed by atoms with Crippen molar-refractivity contribution in [2.24, 2.45) is 0 Å². The van der Waals surface area contributed by atoms with Crippen LogP contribution in [0.5, 0.6) is 5.88 Å². The number of fused-ring (bicyclic) bond motifs is 3. The van der Waals surface area contributed by atoms with Gasteiger partial charge in [-0.05, 0) is 19.2 Å². The van der Waals surface area contributed by atoms with Crippen molar-refractivity contribution in [3.05, 3.63) is 24.3 Å². The van der Waals surface area contributed by atoms with Crippen LogP contribution >= 0.6 is 11.8 Å². The molecule has 1 N–H and O–H groups in total. The van der Waals surface area contributed by atoms with E-state index in [0.29, 0.717) is 16.7 Å². The lowest BCUT2D eigenvalue weighted by atomic mass is 10.1. The number of thioether (sulfide) groups is 1. The smallest absolute Gasteiger partial charge is 0.247 e. The molecule has 1 aliphatic heterocycles. The number of nitrogens with zero attached hydrogens (tertiary/aromatic N) is 3. The van der Waals surface area contributed by atoms with E-state index in [1.807, 2.05) is 37.4 Å². The minimum atomic E-state index is -0.154. The Morgan fingerprint density at radius 1 is 1.28 bits per heavy atom. The molecule has 0 fully saturated rings. The van der Waals surface area contributed by atoms with Gasteiger partial charge < -0.3 is 10.1 Å². The van der Waals surface area contributed by atoms with Crippen LogP contribution in [0.2, 0.25) is 0 Å². The minimum Gasteiger partial charge on any atom is -0.452 e. The first-order valence-electron chi connectivity index (χ1n) is 5.59. The molecule has 0 amide bonds. The van der Waals surface area contributed by atoms with E-state index in [1.54, 1.807) is 0 Å². The summed E-state index contributed by atoms with van der Waals surface area (Å²) in [7, 11) is 0. The summed E-state index contributed by atoms with van der Waals surface area (Å²) >= 11 is 1.45. The fourth-order valence-corrected chi connectivity index (χ4v) is 2.16. The molecule has 0 bridgehead atoms. The molecule has 1 atom stereocenters. The summed E-state index contributed by atoms with van der Waals surface area (Å²) in [5.41, 5.74) is 2.63. The Morgan fingerprint density at radius 2 is 2.11 bits per heavy atom. The quantitative estimate of drug-likeness (QED) is 0.795. The summed E-state index contributed by atoms with van der Waals surface area (Å²) in [5, 5.41) is 12.2. The van der Waals surface area contributed by atoms with Gasteiger partial charge in [0.1, 0.15) is 0 Å². The lowest BCUT2D eigenvalue weighted by molar-refractivity contribution is 0.240. The first kappa shape index (κ1) is 11.3. The summed E-state index contributed by atoms with van der Waals surface area (Å²) in [6.45, 7) is 1.94. The van der Waals surface area contributed by atoms with Crippen LogP contribution < -0.4 is 10.1 Å². The number of hydrogen-bond acceptors (Lipinski definition) is 6. The maximum Gasteiger partial charge on any atom is 0.247 e. The molecule has 1 aliphatic rings. The molecular weight excluding hydrogens is 248 g/mol. The third-order valence-corrected chi connectivity index (χ3v) is 3.19. The zero-order valence-corrected chi connectivity index (χ0v) is 10.9. The number of benzene rings is 1. The second-order valence-electron chi connectivity index (χ2n) is 3.90. The molecular formula is C12H12N4OS. The van der Waals surface area contributed by atoms with Gasteiger partial charge in [0, 0.05) is 11.3 Å². The number of rotatable bonds is 1. The van der Waals surface area contributed by atoms with E-state index < -0.39 is 0 Å². The number of ether oxygens (including phenoxy) is 1. The number of aromatic nitrogens is 3. The minimum absolute atomic E-state index is 0.154. The van der Waals surface area contributed by atoms with Crippen LogP contribution in [0.25, 0.3) is 11.3 Å². The van der Waals surface area contributed by atoms with E-state index in [-0.39, 0.29) is 6.23 Å². The van der Waals surface area contributed by atoms with Gasteiger partial charge in [0.05, 0.1) is 0 Å². The molecule has 1 aromatic carbocycles. The highest BCUT2D eigenvalue weighted by Gasteiger charge is 2.22. The fraction of sp³-hybridized carbons (Fsp3) is 0.250. The number of nitrogens with one attached hydrogen (secondary N) is 1. The normalized spacial score (nSPS) is 16.9. The van der Waals surface area contributed by atoms with Crippen LogP contribution in [0, 0.1) is 0 Å². The molecule has 0 aliphatic carbocycles. The van der Waals surface area contributed by atoms with E-state index in [0.717, 1.165) is 11.3 Å². The molecule has 0 radical (unpaired) electrons. The fourth-order valence-electron chi connectivity index (χ4n) is 1.87. The van der Waals surface area contributed by atoms with Crippen molar-refractivity contribution in [1.82, 2.24) is 15.2 Å². The van der Waals surface area contributed by atoms with Crippen LogP contribution in [0.4, 0.5) is 5.69 Å². The molecule has 92 valence electrons. The van der Waals surface area contributed by atoms with E-state index >= 15 is 0 Å². The van der Waals surface area contributed by atoms with Crippen molar-refractivity contribution in [3.8, 4) is 17.1 Å². The Bertz CT molecular complexity index is 590. The molecule has 0 saturated heterocycles. The topological polar surface area (TPSA) is 59.9 Å². The first-order chi connectivity index (χ1) is 8.78. The molecule has 1 unspecified atom stereocenters. The maximum atomic E-state index is 5.74. The Balaban J connectivity index is 2.20. The van der Waals surface area contributed by atoms with Crippen molar-refractivity contribution < 1.29 is 4.74 Å². The van der Waals surface area contributed by atoms with Crippen molar-refractivity contribution >= 4 is 17.4 Å². The summed E-state index contributed by atoms with van der Waals surface area (Å²) in [5.74, 6) is 0.527. The Labute approximate surface area is 109 Å². The standard InChI is InChI=1S/C12H12N4OS/c1-7-13-9-6-4-3-5-8(9)10-11(17-7)14-12(18-2)16-15-10/h3-7,13H,1-2H3. The summed E-state index contributed by atoms with van der Waals surface area (Å²) in [6.07, 6.45) is 1.76. The summed E-state index contributed by atoms with van der Waals surface area (Å²) in [6, 6.07) is 7.91. The molecule has 3 rings (SSSR count). The predicted molar refractivity (Wildman–Crippen MR) is 70.8 cm³/mol. The van der Waals surface area contributed by atoms with E-state index in [1.165, 1.54) is 11.8 Å². The van der Waals surface area contributed by atoms with Crippen LogP contribution in [-0.2, 0) is 0 Å². The van der Waals surface area contributed by atoms with Crippen molar-refractivity contribution in [2.45, 2.75) is 18.3 Å². The van der Waals surface area contributed by atoms with Gasteiger partial charge in [0.25, 0.3) is 0 Å². The zero-order valence-electron chi connectivity index (χ0n) is 10.0. The van der Waals surface area contributed by atoms with Crippen LogP contribution in [-0.4, -0.2) is 27.7 Å². The van der Waals surface area contributed by atoms with Gasteiger partial charge >= 0.3 is 0 Å². The average molecular weight is 260 g/mol. The third kappa shape index (κ3) is 1.88. The first-order valence-corrected chi connectivity index (χ1v) is 6.81. The molecule has 1 aromatic heterocycles. The van der Waals surface area contributed by atoms with Crippen molar-refractivity contribution in [3.63, 3.8) is 0 Å². The van der Waals surface area contributed by atoms with E-state index in [4.69, 9.17) is 4.74 Å². The lowest BCUT2D eigenvalue weighted by Gasteiger charge is -2.13. The van der Waals surface area contributed by atoms with Gasteiger partial charge in [-0.25, -0.2) is 0 Å². The Hall–Kier alpha value is -1.82. The maximum absolute atomic E-state index is 5.74. The number of anilines is 1. The SMILES string of the molecule is CSc1nnc2c(n1)OC(C)Nc1ccccc1-2. The number of hydrogen-bond donors (Lipinski definition) is 1. The molecule has 0 saturated carbocycles. The van der Waals surface area contributed by atoms with Crippen molar-refractivity contribution in [2.75, 3.05) is 11.6 Å². The second kappa shape index (κ2) is 4.45. The summed E-state index contributed by atoms with van der Waals surface area (Å²) < 4.78 is 5.74. The molecule has 2 heterocycles. The average Bonchev–Trinajstić information content (AvgIpc) is 2.53. The highest BCUT2D eigenvalue weighted by molar-refractivity contribution is 7.98. The Morgan fingerprint density at radius 3 is 2.94 bits per heavy atom. The molecule has 5 nitrogen and oxygen atoms in total. The van der Waals surface area contributed by atoms with Crippen molar-refractivity contribution in [1.29, 1.82) is 0 Å². The van der Waals surface area contributed by atoms with Gasteiger partial charge in [-0.3, -0.25) is 0 Å². The lowest BCUT2D eigenvalue weighted by Crippen LogP contribution is -2.21. The predicted octanol–water partition coefficient (Wildman–Crippen LogP) is 2.41. The highest BCUT2D eigenvalue weighted by Crippen LogP contribution is 2.35. The highest BCUT2D eigenvalue weighted by atomic mass is 32.2. The molecule has 6 heteroatoms. The molecule has 18 heavy (non-hydrogen) atoms. The second-order valence-corrected chi connectivity index (χ2v) is 4.68. The molecule has 0 spiro atoms. The van der Waals surface area contributed by atoms with Gasteiger partial charge in [-0.2, -0.15) is 4.98 Å². The molecule has 2 aromatic rings. The monoisotopic (exact) mass is 260 g/mol. The zero-order chi connectivity index (χ0) is 12.5. The number of para-hydroxylation sites is 1. The van der Waals surface area contributed by atoms with Gasteiger partial charge in [0.2, 0.25) is 11.0 Å². The van der Waals surface area contributed by atoms with E-state index in [2.05, 4.69) is 20.5 Å². The third-order valence-electron chi connectivity index (χ3n) is 2.65. The van der Waals surface area contributed by atoms with Crippen LogP contribution in [0.15, 0.2) is 29.4 Å². The van der Waals surface area contributed by atoms with Gasteiger partial charge in [-0.1, -0.05) is 30.0 Å². The van der Waals surface area contributed by atoms with Gasteiger partial charge in [0.15, 0.2) is 11.9 Å². The van der Waals surface area contributed by atoms with Crippen LogP contribution in [0.1, 0.15) is 6.92 Å². The van der Waals surface area contributed by atoms with Gasteiger partial charge in [-0.15, -0.1) is 10.2 Å². The largest absolute Gasteiger partial charge is 0.452 e. The van der Waals surface area contributed by atoms with Crippen LogP contribution in [0.3, 0.4) is 0 Å². The summed E-state index contributed by atoms with van der Waals surface area (Å²) in [4.78, 5) is 4.37.